The molecule has 0 radical (unpaired) electrons. The van der Waals surface area contributed by atoms with Crippen molar-refractivity contribution in [1.29, 1.82) is 0 Å². The minimum Gasteiger partial charge on any atom is -0.497 e. The predicted molar refractivity (Wildman–Crippen MR) is 101 cm³/mol. The van der Waals surface area contributed by atoms with Crippen LogP contribution in [0.5, 0.6) is 5.75 Å². The highest BCUT2D eigenvalue weighted by Gasteiger charge is 2.43. The van der Waals surface area contributed by atoms with Gasteiger partial charge in [-0.3, -0.25) is 4.79 Å². The summed E-state index contributed by atoms with van der Waals surface area (Å²) in [4.78, 5) is 26.1. The Labute approximate surface area is 163 Å². The number of likely N-dealkylation sites (tertiary alicyclic amines) is 1. The Hall–Kier alpha value is -2.36. The standard InChI is InChI=1S/C19H27N3O6/c1-27-13-6-4-5-12(9-13)21-19(26)20-11-15-18(25)17(24)14(28-15)10-16(23)22-7-2-3-8-22/h4-6,9,14-15,17-18,24-25H,2-3,7-8,10-11H2,1H3,(H2,20,21,26)/t14-,15-,17-,18+/m0/s1. The van der Waals surface area contributed by atoms with Crippen LogP contribution in [-0.2, 0) is 9.53 Å². The first-order valence-corrected chi connectivity index (χ1v) is 9.46. The SMILES string of the molecule is COc1cccc(NC(=O)NC[C@@H]2O[C@@H](CC(=O)N3CCCC3)[C@H](O)[C@@H]2O)c1. The first-order chi connectivity index (χ1) is 13.5. The van der Waals surface area contributed by atoms with Gasteiger partial charge in [0.1, 0.15) is 24.1 Å². The maximum Gasteiger partial charge on any atom is 0.319 e. The van der Waals surface area contributed by atoms with Gasteiger partial charge in [0.2, 0.25) is 5.91 Å². The van der Waals surface area contributed by atoms with Gasteiger partial charge in [0.15, 0.2) is 0 Å². The van der Waals surface area contributed by atoms with Crippen LogP contribution in [0.1, 0.15) is 19.3 Å². The summed E-state index contributed by atoms with van der Waals surface area (Å²) < 4.78 is 10.7. The van der Waals surface area contributed by atoms with Crippen LogP contribution in [-0.4, -0.2) is 78.2 Å². The van der Waals surface area contributed by atoms with Gasteiger partial charge in [-0.25, -0.2) is 4.79 Å². The van der Waals surface area contributed by atoms with Gasteiger partial charge in [-0.15, -0.1) is 0 Å². The number of carbonyl (C=O) groups is 2. The molecule has 9 heteroatoms. The summed E-state index contributed by atoms with van der Waals surface area (Å²) in [6, 6.07) is 6.42. The number of amides is 3. The number of hydrogen-bond acceptors (Lipinski definition) is 6. The van der Waals surface area contributed by atoms with Gasteiger partial charge in [0.05, 0.1) is 19.6 Å². The molecule has 2 aliphatic heterocycles. The maximum absolute atomic E-state index is 12.2. The van der Waals surface area contributed by atoms with Gasteiger partial charge >= 0.3 is 6.03 Å². The number of benzene rings is 1. The smallest absolute Gasteiger partial charge is 0.319 e. The van der Waals surface area contributed by atoms with Crippen molar-refractivity contribution in [3.8, 4) is 5.75 Å². The molecule has 4 N–H and O–H groups in total. The topological polar surface area (TPSA) is 120 Å². The zero-order chi connectivity index (χ0) is 20.1. The van der Waals surface area contributed by atoms with Crippen molar-refractivity contribution in [3.63, 3.8) is 0 Å². The van der Waals surface area contributed by atoms with Crippen molar-refractivity contribution < 1.29 is 29.3 Å². The summed E-state index contributed by atoms with van der Waals surface area (Å²) in [5.41, 5.74) is 0.554. The molecule has 0 unspecified atom stereocenters. The number of methoxy groups -OCH3 is 1. The van der Waals surface area contributed by atoms with Gasteiger partial charge in [0.25, 0.3) is 0 Å². The third kappa shape index (κ3) is 4.92. The molecule has 3 rings (SSSR count). The Balaban J connectivity index is 1.47. The average molecular weight is 393 g/mol. The predicted octanol–water partition coefficient (Wildman–Crippen LogP) is 0.318. The van der Waals surface area contributed by atoms with E-state index in [1.807, 2.05) is 0 Å². The van der Waals surface area contributed by atoms with Crippen LogP contribution >= 0.6 is 0 Å². The van der Waals surface area contributed by atoms with Crippen molar-refractivity contribution >= 4 is 17.6 Å². The minimum absolute atomic E-state index is 0.00241. The van der Waals surface area contributed by atoms with E-state index in [0.29, 0.717) is 11.4 Å². The second kappa shape index (κ2) is 9.22. The van der Waals surface area contributed by atoms with E-state index in [4.69, 9.17) is 9.47 Å². The summed E-state index contributed by atoms with van der Waals surface area (Å²) >= 11 is 0. The Morgan fingerprint density at radius 3 is 2.64 bits per heavy atom. The zero-order valence-corrected chi connectivity index (χ0v) is 15.8. The third-order valence-electron chi connectivity index (χ3n) is 5.09. The molecule has 154 valence electrons. The van der Waals surface area contributed by atoms with E-state index in [1.54, 1.807) is 29.2 Å². The summed E-state index contributed by atoms with van der Waals surface area (Å²) in [6.07, 6.45) is -1.92. The highest BCUT2D eigenvalue weighted by molar-refractivity contribution is 5.89. The van der Waals surface area contributed by atoms with Crippen molar-refractivity contribution in [3.05, 3.63) is 24.3 Å². The van der Waals surface area contributed by atoms with Crippen LogP contribution in [0.3, 0.4) is 0 Å². The van der Waals surface area contributed by atoms with E-state index < -0.39 is 30.4 Å². The minimum atomic E-state index is -1.17. The number of aliphatic hydroxyl groups is 2. The Kier molecular flexibility index (Phi) is 6.71. The molecule has 9 nitrogen and oxygen atoms in total. The monoisotopic (exact) mass is 393 g/mol. The molecule has 2 aliphatic rings. The molecule has 1 aromatic carbocycles. The van der Waals surface area contributed by atoms with Gasteiger partial charge in [-0.05, 0) is 25.0 Å². The average Bonchev–Trinajstić information content (AvgIpc) is 3.31. The molecular formula is C19H27N3O6. The number of carbonyl (C=O) groups excluding carboxylic acids is 2. The van der Waals surface area contributed by atoms with Crippen LogP contribution in [0.15, 0.2) is 24.3 Å². The second-order valence-corrected chi connectivity index (χ2v) is 7.05. The first-order valence-electron chi connectivity index (χ1n) is 9.46. The lowest BCUT2D eigenvalue weighted by Crippen LogP contribution is -2.41. The number of anilines is 1. The van der Waals surface area contributed by atoms with Crippen LogP contribution < -0.4 is 15.4 Å². The molecule has 0 aliphatic carbocycles. The van der Waals surface area contributed by atoms with E-state index in [0.717, 1.165) is 25.9 Å². The molecule has 4 atom stereocenters. The molecular weight excluding hydrogens is 366 g/mol. The van der Waals surface area contributed by atoms with Gasteiger partial charge in [-0.1, -0.05) is 6.07 Å². The zero-order valence-electron chi connectivity index (χ0n) is 15.8. The lowest BCUT2D eigenvalue weighted by atomic mass is 10.1. The molecule has 0 aromatic heterocycles. The van der Waals surface area contributed by atoms with E-state index in [1.165, 1.54) is 7.11 Å². The summed E-state index contributed by atoms with van der Waals surface area (Å²) in [6.45, 7) is 1.45. The van der Waals surface area contributed by atoms with Gasteiger partial charge < -0.3 is 35.2 Å². The quantitative estimate of drug-likeness (QED) is 0.552. The van der Waals surface area contributed by atoms with Gasteiger partial charge in [0, 0.05) is 31.4 Å². The van der Waals surface area contributed by atoms with Crippen LogP contribution in [0.2, 0.25) is 0 Å². The van der Waals surface area contributed by atoms with Crippen LogP contribution in [0.4, 0.5) is 10.5 Å². The molecule has 2 saturated heterocycles. The highest BCUT2D eigenvalue weighted by Crippen LogP contribution is 2.25. The van der Waals surface area contributed by atoms with E-state index in [9.17, 15) is 19.8 Å². The van der Waals surface area contributed by atoms with E-state index in [2.05, 4.69) is 10.6 Å². The number of ether oxygens (including phenoxy) is 2. The summed E-state index contributed by atoms with van der Waals surface area (Å²) in [7, 11) is 1.54. The number of aliphatic hydroxyl groups excluding tert-OH is 2. The van der Waals surface area contributed by atoms with E-state index in [-0.39, 0.29) is 18.9 Å². The Bertz CT molecular complexity index is 694. The second-order valence-electron chi connectivity index (χ2n) is 7.05. The number of nitrogens with zero attached hydrogens (tertiary/aromatic N) is 1. The molecule has 1 aromatic rings. The lowest BCUT2D eigenvalue weighted by molar-refractivity contribution is -0.134. The normalized spacial score (nSPS) is 26.9. The van der Waals surface area contributed by atoms with E-state index >= 15 is 0 Å². The number of nitrogens with one attached hydrogen (secondary N) is 2. The third-order valence-corrected chi connectivity index (χ3v) is 5.09. The Morgan fingerprint density at radius 1 is 1.21 bits per heavy atom. The Morgan fingerprint density at radius 2 is 1.93 bits per heavy atom. The summed E-state index contributed by atoms with van der Waals surface area (Å²) in [5.74, 6) is 0.527. The molecule has 2 heterocycles. The highest BCUT2D eigenvalue weighted by atomic mass is 16.5. The number of hydrogen-bond donors (Lipinski definition) is 4. The maximum atomic E-state index is 12.2. The lowest BCUT2D eigenvalue weighted by Gasteiger charge is -2.19. The van der Waals surface area contributed by atoms with Crippen molar-refractivity contribution in [2.24, 2.45) is 0 Å². The van der Waals surface area contributed by atoms with Crippen molar-refractivity contribution in [2.45, 2.75) is 43.7 Å². The number of rotatable bonds is 6. The largest absolute Gasteiger partial charge is 0.497 e. The van der Waals surface area contributed by atoms with Crippen molar-refractivity contribution in [1.82, 2.24) is 10.2 Å². The van der Waals surface area contributed by atoms with Crippen LogP contribution in [0.25, 0.3) is 0 Å². The molecule has 2 fully saturated rings. The summed E-state index contributed by atoms with van der Waals surface area (Å²) in [5, 5.41) is 25.6. The fourth-order valence-corrected chi connectivity index (χ4v) is 3.50. The fourth-order valence-electron chi connectivity index (χ4n) is 3.50. The van der Waals surface area contributed by atoms with Gasteiger partial charge in [-0.2, -0.15) is 0 Å². The molecule has 0 spiro atoms. The number of urea groups is 1. The fraction of sp³-hybridized carbons (Fsp3) is 0.579. The molecule has 3 amide bonds. The first kappa shape index (κ1) is 20.4. The molecule has 0 saturated carbocycles. The van der Waals surface area contributed by atoms with Crippen molar-refractivity contribution in [2.75, 3.05) is 32.1 Å². The molecule has 28 heavy (non-hydrogen) atoms. The molecule has 0 bridgehead atoms. The van der Waals surface area contributed by atoms with Crippen LogP contribution in [0, 0.1) is 0 Å².